The standard InChI is InChI=1S/C13H15ClFN3/c1-16-13(12-5-6-18(2)17-12)8-9-3-4-11(15)10(14)7-9/h3-7,13,16H,8H2,1-2H3. The molecule has 2 aromatic rings. The van der Waals surface area contributed by atoms with E-state index >= 15 is 0 Å². The molecule has 0 bridgehead atoms. The summed E-state index contributed by atoms with van der Waals surface area (Å²) < 4.78 is 14.8. The first-order valence-electron chi connectivity index (χ1n) is 5.71. The van der Waals surface area contributed by atoms with Crippen molar-refractivity contribution in [3.63, 3.8) is 0 Å². The van der Waals surface area contributed by atoms with E-state index in [4.69, 9.17) is 11.6 Å². The van der Waals surface area contributed by atoms with Gasteiger partial charge in [0, 0.05) is 13.2 Å². The molecule has 96 valence electrons. The van der Waals surface area contributed by atoms with Crippen molar-refractivity contribution in [1.29, 1.82) is 0 Å². The molecule has 1 aromatic carbocycles. The van der Waals surface area contributed by atoms with Crippen molar-refractivity contribution < 1.29 is 4.39 Å². The molecule has 0 saturated carbocycles. The monoisotopic (exact) mass is 267 g/mol. The van der Waals surface area contributed by atoms with Crippen molar-refractivity contribution in [2.24, 2.45) is 7.05 Å². The lowest BCUT2D eigenvalue weighted by molar-refractivity contribution is 0.561. The van der Waals surface area contributed by atoms with Gasteiger partial charge in [-0.3, -0.25) is 4.68 Å². The zero-order chi connectivity index (χ0) is 13.1. The molecule has 3 nitrogen and oxygen atoms in total. The van der Waals surface area contributed by atoms with E-state index in [0.29, 0.717) is 6.42 Å². The average Bonchev–Trinajstić information content (AvgIpc) is 2.77. The van der Waals surface area contributed by atoms with Gasteiger partial charge in [0.1, 0.15) is 5.82 Å². The number of benzene rings is 1. The van der Waals surface area contributed by atoms with Crippen molar-refractivity contribution in [3.05, 3.63) is 52.6 Å². The maximum atomic E-state index is 13.1. The van der Waals surface area contributed by atoms with Crippen molar-refractivity contribution in [1.82, 2.24) is 15.1 Å². The van der Waals surface area contributed by atoms with Crippen LogP contribution in [0.25, 0.3) is 0 Å². The number of hydrogen-bond donors (Lipinski definition) is 1. The van der Waals surface area contributed by atoms with E-state index in [-0.39, 0.29) is 16.9 Å². The van der Waals surface area contributed by atoms with Crippen LogP contribution >= 0.6 is 11.6 Å². The summed E-state index contributed by atoms with van der Waals surface area (Å²) in [5.41, 5.74) is 1.94. The predicted octanol–water partition coefficient (Wildman–Crippen LogP) is 2.72. The quantitative estimate of drug-likeness (QED) is 0.923. The summed E-state index contributed by atoms with van der Waals surface area (Å²) in [4.78, 5) is 0. The fourth-order valence-corrected chi connectivity index (χ4v) is 2.08. The summed E-state index contributed by atoms with van der Waals surface area (Å²) in [6.07, 6.45) is 2.62. The van der Waals surface area contributed by atoms with Gasteiger partial charge in [0.05, 0.1) is 16.8 Å². The van der Waals surface area contributed by atoms with E-state index in [0.717, 1.165) is 11.3 Å². The van der Waals surface area contributed by atoms with E-state index in [1.165, 1.54) is 6.07 Å². The molecule has 2 rings (SSSR count). The van der Waals surface area contributed by atoms with Crippen LogP contribution in [-0.2, 0) is 13.5 Å². The number of halogens is 2. The molecule has 5 heteroatoms. The Bertz CT molecular complexity index is 539. The van der Waals surface area contributed by atoms with Crippen LogP contribution in [0.5, 0.6) is 0 Å². The van der Waals surface area contributed by atoms with E-state index in [2.05, 4.69) is 10.4 Å². The molecule has 1 unspecified atom stereocenters. The Morgan fingerprint density at radius 1 is 1.44 bits per heavy atom. The fraction of sp³-hybridized carbons (Fsp3) is 0.308. The lowest BCUT2D eigenvalue weighted by Gasteiger charge is -2.14. The molecule has 1 heterocycles. The van der Waals surface area contributed by atoms with Gasteiger partial charge < -0.3 is 5.32 Å². The highest BCUT2D eigenvalue weighted by Gasteiger charge is 2.13. The van der Waals surface area contributed by atoms with Crippen LogP contribution in [0.15, 0.2) is 30.5 Å². The number of hydrogen-bond acceptors (Lipinski definition) is 2. The zero-order valence-electron chi connectivity index (χ0n) is 10.3. The highest BCUT2D eigenvalue weighted by Crippen LogP contribution is 2.21. The van der Waals surface area contributed by atoms with Crippen molar-refractivity contribution in [2.45, 2.75) is 12.5 Å². The van der Waals surface area contributed by atoms with Crippen LogP contribution in [0.3, 0.4) is 0 Å². The van der Waals surface area contributed by atoms with Gasteiger partial charge in [-0.25, -0.2) is 4.39 Å². The normalized spacial score (nSPS) is 12.7. The van der Waals surface area contributed by atoms with Gasteiger partial charge >= 0.3 is 0 Å². The van der Waals surface area contributed by atoms with Gasteiger partial charge in [-0.05, 0) is 37.2 Å². The van der Waals surface area contributed by atoms with E-state index < -0.39 is 0 Å². The third-order valence-corrected chi connectivity index (χ3v) is 3.15. The second-order valence-electron chi connectivity index (χ2n) is 4.21. The van der Waals surface area contributed by atoms with E-state index in [9.17, 15) is 4.39 Å². The number of rotatable bonds is 4. The van der Waals surface area contributed by atoms with Crippen LogP contribution in [-0.4, -0.2) is 16.8 Å². The first-order valence-corrected chi connectivity index (χ1v) is 6.08. The molecule has 1 aromatic heterocycles. The van der Waals surface area contributed by atoms with Gasteiger partial charge in [0.25, 0.3) is 0 Å². The van der Waals surface area contributed by atoms with Crippen molar-refractivity contribution >= 4 is 11.6 Å². The van der Waals surface area contributed by atoms with E-state index in [1.54, 1.807) is 16.8 Å². The smallest absolute Gasteiger partial charge is 0.141 e. The minimum atomic E-state index is -0.390. The molecule has 1 atom stereocenters. The van der Waals surface area contributed by atoms with Gasteiger partial charge in [-0.15, -0.1) is 0 Å². The molecular weight excluding hydrogens is 253 g/mol. The number of likely N-dealkylation sites (N-methyl/N-ethyl adjacent to an activating group) is 1. The Labute approximate surface area is 111 Å². The SMILES string of the molecule is CNC(Cc1ccc(F)c(Cl)c1)c1ccn(C)n1. The molecule has 0 spiro atoms. The molecule has 1 N–H and O–H groups in total. The minimum Gasteiger partial charge on any atom is -0.311 e. The maximum Gasteiger partial charge on any atom is 0.141 e. The summed E-state index contributed by atoms with van der Waals surface area (Å²) in [5, 5.41) is 7.72. The van der Waals surface area contributed by atoms with Crippen LogP contribution < -0.4 is 5.32 Å². The molecule has 0 amide bonds. The van der Waals surface area contributed by atoms with Crippen LogP contribution in [0.2, 0.25) is 5.02 Å². The van der Waals surface area contributed by atoms with Gasteiger partial charge in [0.15, 0.2) is 0 Å². The van der Waals surface area contributed by atoms with Crippen molar-refractivity contribution in [2.75, 3.05) is 7.05 Å². The Kier molecular flexibility index (Phi) is 3.99. The number of aromatic nitrogens is 2. The first-order chi connectivity index (χ1) is 8.60. The minimum absolute atomic E-state index is 0.0905. The third kappa shape index (κ3) is 2.89. The van der Waals surface area contributed by atoms with Gasteiger partial charge in [0.2, 0.25) is 0 Å². The molecule has 0 aliphatic rings. The molecule has 0 saturated heterocycles. The summed E-state index contributed by atoms with van der Waals surface area (Å²) in [6, 6.07) is 6.85. The highest BCUT2D eigenvalue weighted by atomic mass is 35.5. The van der Waals surface area contributed by atoms with Gasteiger partial charge in [-0.2, -0.15) is 5.10 Å². The molecule has 0 aliphatic carbocycles. The zero-order valence-corrected chi connectivity index (χ0v) is 11.1. The van der Waals surface area contributed by atoms with Gasteiger partial charge in [-0.1, -0.05) is 17.7 Å². The molecular formula is C13H15ClFN3. The first kappa shape index (κ1) is 13.1. The molecule has 18 heavy (non-hydrogen) atoms. The lowest BCUT2D eigenvalue weighted by atomic mass is 10.0. The summed E-state index contributed by atoms with van der Waals surface area (Å²) in [7, 11) is 3.76. The number of aryl methyl sites for hydroxylation is 1. The number of nitrogens with zero attached hydrogens (tertiary/aromatic N) is 2. The van der Waals surface area contributed by atoms with Crippen LogP contribution in [0.4, 0.5) is 4.39 Å². The third-order valence-electron chi connectivity index (χ3n) is 2.86. The second kappa shape index (κ2) is 5.50. The summed E-state index contributed by atoms with van der Waals surface area (Å²) in [5.74, 6) is -0.390. The Morgan fingerprint density at radius 2 is 2.22 bits per heavy atom. The maximum absolute atomic E-state index is 13.1. The Balaban J connectivity index is 2.17. The molecule has 0 radical (unpaired) electrons. The Hall–Kier alpha value is -1.39. The summed E-state index contributed by atoms with van der Waals surface area (Å²) >= 11 is 5.78. The average molecular weight is 268 g/mol. The lowest BCUT2D eigenvalue weighted by Crippen LogP contribution is -2.19. The van der Waals surface area contributed by atoms with Crippen molar-refractivity contribution in [3.8, 4) is 0 Å². The second-order valence-corrected chi connectivity index (χ2v) is 4.62. The van der Waals surface area contributed by atoms with Crippen LogP contribution in [0.1, 0.15) is 17.3 Å². The largest absolute Gasteiger partial charge is 0.311 e. The predicted molar refractivity (Wildman–Crippen MR) is 70.1 cm³/mol. The molecule has 0 fully saturated rings. The van der Waals surface area contributed by atoms with Crippen LogP contribution in [0, 0.1) is 5.82 Å². The topological polar surface area (TPSA) is 29.9 Å². The Morgan fingerprint density at radius 3 is 2.78 bits per heavy atom. The fourth-order valence-electron chi connectivity index (χ4n) is 1.88. The highest BCUT2D eigenvalue weighted by molar-refractivity contribution is 6.30. The number of nitrogens with one attached hydrogen (secondary N) is 1. The summed E-state index contributed by atoms with van der Waals surface area (Å²) in [6.45, 7) is 0. The molecule has 0 aliphatic heterocycles. The van der Waals surface area contributed by atoms with E-state index in [1.807, 2.05) is 26.4 Å².